The molecule has 9 nitrogen and oxygen atoms in total. The van der Waals surface area contributed by atoms with Gasteiger partial charge in [0.05, 0.1) is 28.7 Å². The van der Waals surface area contributed by atoms with Crippen LogP contribution in [0.3, 0.4) is 0 Å². The van der Waals surface area contributed by atoms with Gasteiger partial charge in [0.25, 0.3) is 0 Å². The normalized spacial score (nSPS) is 20.2. The first-order valence-corrected chi connectivity index (χ1v) is 13.8. The van der Waals surface area contributed by atoms with Crippen molar-refractivity contribution in [3.8, 4) is 0 Å². The number of hydrogen-bond donors (Lipinski definition) is 2. The van der Waals surface area contributed by atoms with Crippen molar-refractivity contribution in [2.45, 2.75) is 23.0 Å². The number of nitrogens with zero attached hydrogens (tertiary/aromatic N) is 5. The number of halogens is 4. The highest BCUT2D eigenvalue weighted by atomic mass is 32.2. The van der Waals surface area contributed by atoms with Gasteiger partial charge in [-0.15, -0.1) is 0 Å². The highest BCUT2D eigenvalue weighted by Gasteiger charge is 2.44. The smallest absolute Gasteiger partial charge is 0.397 e. The van der Waals surface area contributed by atoms with E-state index in [1.807, 2.05) is 4.90 Å². The number of primary sulfonamides is 1. The van der Waals surface area contributed by atoms with Crippen molar-refractivity contribution >= 4 is 33.2 Å². The molecular weight excluding hydrogens is 550 g/mol. The van der Waals surface area contributed by atoms with E-state index >= 15 is 0 Å². The summed E-state index contributed by atoms with van der Waals surface area (Å²) in [7, 11) is -4.11. The lowest BCUT2D eigenvalue weighted by Crippen LogP contribution is -2.52. The number of amidine groups is 2. The molecule has 2 aromatic carbocycles. The number of aromatic nitrogens is 1. The van der Waals surface area contributed by atoms with E-state index in [9.17, 15) is 26.0 Å². The lowest BCUT2D eigenvalue weighted by atomic mass is 9.84. The number of sulfonamides is 1. The molecule has 2 unspecified atom stereocenters. The summed E-state index contributed by atoms with van der Waals surface area (Å²) in [5.74, 6) is -2.04. The molecule has 1 aromatic heterocycles. The Balaban J connectivity index is 1.58. The number of piperazine rings is 1. The zero-order valence-corrected chi connectivity index (χ0v) is 21.8. The summed E-state index contributed by atoms with van der Waals surface area (Å²) in [4.78, 5) is 15.8. The lowest BCUT2D eigenvalue weighted by Gasteiger charge is -2.41. The number of nitrogens with two attached hydrogens (primary N) is 2. The third kappa shape index (κ3) is 5.77. The predicted octanol–water partition coefficient (Wildman–Crippen LogP) is 3.47. The van der Waals surface area contributed by atoms with Gasteiger partial charge in [0.2, 0.25) is 15.9 Å². The second-order valence-corrected chi connectivity index (χ2v) is 11.0. The molecule has 0 aliphatic carbocycles. The number of benzene rings is 2. The summed E-state index contributed by atoms with van der Waals surface area (Å²) in [6.07, 6.45) is -3.33. The van der Waals surface area contributed by atoms with E-state index in [1.54, 1.807) is 23.1 Å². The van der Waals surface area contributed by atoms with Crippen LogP contribution in [0.25, 0.3) is 0 Å². The molecule has 0 saturated carbocycles. The van der Waals surface area contributed by atoms with Crippen molar-refractivity contribution in [1.29, 1.82) is 0 Å². The van der Waals surface area contributed by atoms with Crippen LogP contribution in [0.15, 0.2) is 81.7 Å². The first-order valence-electron chi connectivity index (χ1n) is 12.2. The summed E-state index contributed by atoms with van der Waals surface area (Å²) in [5, 5.41) is 5.35. The Morgan fingerprint density at radius 1 is 0.900 bits per heavy atom. The van der Waals surface area contributed by atoms with E-state index < -0.39 is 39.8 Å². The van der Waals surface area contributed by atoms with E-state index in [2.05, 4.69) is 15.0 Å². The molecule has 2 aliphatic rings. The van der Waals surface area contributed by atoms with Crippen LogP contribution in [0.2, 0.25) is 0 Å². The molecule has 0 amide bonds. The van der Waals surface area contributed by atoms with Crippen LogP contribution in [0.5, 0.6) is 0 Å². The molecule has 40 heavy (non-hydrogen) atoms. The van der Waals surface area contributed by atoms with Crippen molar-refractivity contribution in [2.75, 3.05) is 36.8 Å². The van der Waals surface area contributed by atoms with Crippen LogP contribution >= 0.6 is 0 Å². The van der Waals surface area contributed by atoms with Gasteiger partial charge in [-0.3, -0.25) is 4.99 Å². The first kappa shape index (κ1) is 27.5. The molecule has 0 radical (unpaired) electrons. The van der Waals surface area contributed by atoms with Crippen LogP contribution in [0.1, 0.15) is 23.1 Å². The number of pyridine rings is 1. The van der Waals surface area contributed by atoms with E-state index in [4.69, 9.17) is 10.9 Å². The van der Waals surface area contributed by atoms with Gasteiger partial charge < -0.3 is 15.5 Å². The minimum absolute atomic E-state index is 0.0770. The standard InChI is InChI=1S/C26H25F4N7O2S/c27-18-6-4-16(5-7-18)23-22(17-2-1-3-20(14-17)40(32,38)39)24(35-25(34-23)26(28,29)30)37-12-10-36(11-13-37)21-9-8-19(31)15-33-21/h1-9,14-15,22-23H,10-13,31H2,(H2,32,38,39). The quantitative estimate of drug-likeness (QED) is 0.459. The number of hydrogen-bond acceptors (Lipinski definition) is 8. The SMILES string of the molecule is Nc1ccc(N2CCN(C3=NC(C(F)(F)F)=NC(c4ccc(F)cc4)C3c3cccc(S(N)(=O)=O)c3)CC2)nc1. The van der Waals surface area contributed by atoms with Crippen molar-refractivity contribution in [1.82, 2.24) is 9.88 Å². The maximum Gasteiger partial charge on any atom is 0.451 e. The van der Waals surface area contributed by atoms with Crippen molar-refractivity contribution < 1.29 is 26.0 Å². The fourth-order valence-electron chi connectivity index (χ4n) is 4.85. The Kier molecular flexibility index (Phi) is 7.23. The molecule has 0 bridgehead atoms. The van der Waals surface area contributed by atoms with E-state index in [0.29, 0.717) is 48.8 Å². The molecule has 3 aromatic rings. The van der Waals surface area contributed by atoms with Crippen molar-refractivity contribution in [2.24, 2.45) is 15.1 Å². The Morgan fingerprint density at radius 2 is 1.57 bits per heavy atom. The molecular formula is C26H25F4N7O2S. The van der Waals surface area contributed by atoms with Crippen LogP contribution in [0, 0.1) is 5.82 Å². The molecule has 1 saturated heterocycles. The number of rotatable bonds is 4. The molecule has 3 heterocycles. The average Bonchev–Trinajstić information content (AvgIpc) is 2.92. The Morgan fingerprint density at radius 3 is 2.17 bits per heavy atom. The van der Waals surface area contributed by atoms with Gasteiger partial charge in [0, 0.05) is 26.2 Å². The molecule has 4 N–H and O–H groups in total. The van der Waals surface area contributed by atoms with E-state index in [1.165, 1.54) is 36.5 Å². The molecule has 1 fully saturated rings. The Bertz CT molecular complexity index is 1550. The summed E-state index contributed by atoms with van der Waals surface area (Å²) in [5.41, 5.74) is 6.90. The number of alkyl halides is 3. The minimum Gasteiger partial charge on any atom is -0.397 e. The summed E-state index contributed by atoms with van der Waals surface area (Å²) in [6.45, 7) is 1.47. The monoisotopic (exact) mass is 575 g/mol. The zero-order valence-electron chi connectivity index (χ0n) is 21.0. The molecule has 14 heteroatoms. The number of aliphatic imine (C=N–C) groups is 2. The topological polar surface area (TPSA) is 130 Å². The van der Waals surface area contributed by atoms with Gasteiger partial charge in [-0.25, -0.2) is 27.9 Å². The van der Waals surface area contributed by atoms with Crippen LogP contribution in [0.4, 0.5) is 29.1 Å². The van der Waals surface area contributed by atoms with Crippen molar-refractivity contribution in [3.05, 3.63) is 83.8 Å². The van der Waals surface area contributed by atoms with E-state index in [0.717, 1.165) is 12.1 Å². The van der Waals surface area contributed by atoms with E-state index in [-0.39, 0.29) is 10.7 Å². The predicted molar refractivity (Wildman–Crippen MR) is 143 cm³/mol. The second-order valence-electron chi connectivity index (χ2n) is 9.44. The second kappa shape index (κ2) is 10.5. The van der Waals surface area contributed by atoms with Crippen LogP contribution in [-0.4, -0.2) is 62.3 Å². The van der Waals surface area contributed by atoms with Gasteiger partial charge in [-0.05, 0) is 47.5 Å². The fraction of sp³-hybridized carbons (Fsp3) is 0.269. The summed E-state index contributed by atoms with van der Waals surface area (Å²) >= 11 is 0. The molecule has 210 valence electrons. The maximum atomic E-state index is 14.1. The van der Waals surface area contributed by atoms with Gasteiger partial charge in [-0.1, -0.05) is 24.3 Å². The maximum absolute atomic E-state index is 14.1. The third-order valence-corrected chi connectivity index (χ3v) is 7.70. The molecule has 2 aliphatic heterocycles. The number of nitrogen functional groups attached to an aromatic ring is 1. The minimum atomic E-state index is -4.85. The Labute approximate surface area is 227 Å². The van der Waals surface area contributed by atoms with Crippen molar-refractivity contribution in [3.63, 3.8) is 0 Å². The zero-order chi connectivity index (χ0) is 28.7. The molecule has 5 rings (SSSR count). The van der Waals surface area contributed by atoms with Crippen LogP contribution < -0.4 is 15.8 Å². The van der Waals surface area contributed by atoms with Gasteiger partial charge in [0.1, 0.15) is 17.5 Å². The Hall–Kier alpha value is -4.04. The van der Waals surface area contributed by atoms with Gasteiger partial charge in [0.15, 0.2) is 0 Å². The van der Waals surface area contributed by atoms with Gasteiger partial charge >= 0.3 is 6.18 Å². The summed E-state index contributed by atoms with van der Waals surface area (Å²) < 4.78 is 80.2. The van der Waals surface area contributed by atoms with Gasteiger partial charge in [-0.2, -0.15) is 13.2 Å². The summed E-state index contributed by atoms with van der Waals surface area (Å²) in [6, 6.07) is 13.0. The fourth-order valence-corrected chi connectivity index (χ4v) is 5.42. The first-order chi connectivity index (χ1) is 18.9. The molecule has 0 spiro atoms. The molecule has 2 atom stereocenters. The highest BCUT2D eigenvalue weighted by Crippen LogP contribution is 2.42. The number of anilines is 2. The third-order valence-electron chi connectivity index (χ3n) is 6.78. The lowest BCUT2D eigenvalue weighted by molar-refractivity contribution is -0.0604. The largest absolute Gasteiger partial charge is 0.451 e. The average molecular weight is 576 g/mol. The van der Waals surface area contributed by atoms with Crippen LogP contribution in [-0.2, 0) is 10.0 Å². The highest BCUT2D eigenvalue weighted by molar-refractivity contribution is 7.89.